The monoisotopic (exact) mass is 389 g/mol. The normalized spacial score (nSPS) is 15.6. The van der Waals surface area contributed by atoms with E-state index in [0.29, 0.717) is 0 Å². The number of carbonyl (C=O) groups excluding carboxylic acids is 2. The molecule has 0 unspecified atom stereocenters. The molecule has 0 radical (unpaired) electrons. The van der Waals surface area contributed by atoms with E-state index in [1.807, 2.05) is 13.8 Å². The number of halogens is 1. The summed E-state index contributed by atoms with van der Waals surface area (Å²) in [6.45, 7) is 20.6. The smallest absolute Gasteiger partial charge is 0.147 e. The van der Waals surface area contributed by atoms with E-state index in [-0.39, 0.29) is 29.0 Å². The Bertz CT molecular complexity index is 628. The van der Waals surface area contributed by atoms with Gasteiger partial charge >= 0.3 is 146 Å². The molecule has 6 heteroatoms. The van der Waals surface area contributed by atoms with Gasteiger partial charge in [0.1, 0.15) is 0 Å². The third-order valence-corrected chi connectivity index (χ3v) is 7.69. The first kappa shape index (κ1) is 22.9. The van der Waals surface area contributed by atoms with Crippen LogP contribution in [-0.4, -0.2) is 11.9 Å². The molecule has 0 aliphatic heterocycles. The third-order valence-electron chi connectivity index (χ3n) is 4.33. The van der Waals surface area contributed by atoms with Crippen molar-refractivity contribution in [2.75, 3.05) is 0 Å². The predicted molar refractivity (Wildman–Crippen MR) is 93.9 cm³/mol. The minimum absolute atomic E-state index is 0. The molecule has 1 aliphatic carbocycles. The average molecular weight is 390 g/mol. The molecule has 4 nitrogen and oxygen atoms in total. The molecule has 1 rings (SSSR count). The number of carbonyl (C=O) groups is 2. The van der Waals surface area contributed by atoms with E-state index in [1.54, 1.807) is 13.8 Å². The van der Waals surface area contributed by atoms with Crippen LogP contribution in [0.2, 0.25) is 0 Å². The largest absolute Gasteiger partial charge is 0.147 e. The Kier molecular flexibility index (Phi) is 7.95. The molecule has 0 atom stereocenters. The van der Waals surface area contributed by atoms with Gasteiger partial charge in [0, 0.05) is 0 Å². The first-order valence-corrected chi connectivity index (χ1v) is 9.49. The Hall–Kier alpha value is -1.10. The number of allylic oxidation sites excluding steroid dienone is 4. The van der Waals surface area contributed by atoms with E-state index in [2.05, 4.69) is 33.9 Å². The summed E-state index contributed by atoms with van der Waals surface area (Å²) in [6.07, 6.45) is 0. The molecule has 0 saturated heterocycles. The van der Waals surface area contributed by atoms with Crippen LogP contribution < -0.4 is 0 Å². The van der Waals surface area contributed by atoms with Crippen LogP contribution in [0, 0.1) is 5.41 Å². The van der Waals surface area contributed by atoms with E-state index in [1.165, 1.54) is 5.57 Å². The van der Waals surface area contributed by atoms with E-state index in [0.717, 1.165) is 15.0 Å². The van der Waals surface area contributed by atoms with Gasteiger partial charge in [-0.25, -0.2) is 0 Å². The molecule has 0 saturated carbocycles. The molecule has 0 spiro atoms. The van der Waals surface area contributed by atoms with Crippen molar-refractivity contribution in [1.29, 1.82) is 0 Å². The quantitative estimate of drug-likeness (QED) is 0.503. The SMILES string of the molecule is C=C(C)C(=O)[O][Ti]([O]C(=O)C(=C)C)[C]1=C(C)C(C)=C(C)C1(C)C.Cl. The first-order valence-electron chi connectivity index (χ1n) is 7.43. The maximum absolute atomic E-state index is 12.0. The molecule has 0 fully saturated rings. The van der Waals surface area contributed by atoms with Crippen molar-refractivity contribution in [3.05, 3.63) is 44.9 Å². The van der Waals surface area contributed by atoms with Gasteiger partial charge in [-0.05, 0) is 0 Å². The summed E-state index contributed by atoms with van der Waals surface area (Å²) in [5.74, 6) is -1.04. The standard InChI is InChI=1S/C10H15.2C4H6O2.ClH.Ti/c1-7-6-10(4,5)9(3)8(7)2;2*1-3(2)4(5)6;;/h1-5H3;2*1H2,2H3,(H,5,6);1H;/q;;;;+2/p-2. The van der Waals surface area contributed by atoms with Crippen LogP contribution in [0.25, 0.3) is 0 Å². The maximum Gasteiger partial charge on any atom is -0.147 e. The van der Waals surface area contributed by atoms with Gasteiger partial charge in [0.05, 0.1) is 0 Å². The van der Waals surface area contributed by atoms with Gasteiger partial charge in [-0.3, -0.25) is 0 Å². The van der Waals surface area contributed by atoms with Crippen molar-refractivity contribution in [3.8, 4) is 0 Å². The van der Waals surface area contributed by atoms with Crippen molar-refractivity contribution in [3.63, 3.8) is 0 Å². The summed E-state index contributed by atoms with van der Waals surface area (Å²) in [7, 11) is 0. The van der Waals surface area contributed by atoms with Crippen LogP contribution in [0.3, 0.4) is 0 Å². The van der Waals surface area contributed by atoms with Crippen LogP contribution in [0.1, 0.15) is 48.5 Å². The molecule has 0 aromatic carbocycles. The van der Waals surface area contributed by atoms with Crippen molar-refractivity contribution >= 4 is 24.3 Å². The van der Waals surface area contributed by atoms with Gasteiger partial charge in [-0.2, -0.15) is 0 Å². The minimum Gasteiger partial charge on any atom is -0.147 e. The van der Waals surface area contributed by atoms with Crippen molar-refractivity contribution in [1.82, 2.24) is 0 Å². The molecular formula is C18H26ClO4Ti. The molecule has 133 valence electrons. The molecule has 0 aromatic heterocycles. The number of hydrogen-bond acceptors (Lipinski definition) is 4. The van der Waals surface area contributed by atoms with Crippen LogP contribution >= 0.6 is 12.4 Å². The fraction of sp³-hybridized carbons (Fsp3) is 0.444. The van der Waals surface area contributed by atoms with E-state index >= 15 is 0 Å². The first-order chi connectivity index (χ1) is 10.4. The Morgan fingerprint density at radius 2 is 1.29 bits per heavy atom. The van der Waals surface area contributed by atoms with Gasteiger partial charge in [0.15, 0.2) is 0 Å². The Labute approximate surface area is 157 Å². The van der Waals surface area contributed by atoms with Crippen LogP contribution in [0.5, 0.6) is 0 Å². The summed E-state index contributed by atoms with van der Waals surface area (Å²) in [4.78, 5) is 24.0. The number of hydrogen-bond donors (Lipinski definition) is 0. The molecule has 24 heavy (non-hydrogen) atoms. The Morgan fingerprint density at radius 3 is 1.54 bits per heavy atom. The van der Waals surface area contributed by atoms with Crippen molar-refractivity contribution in [2.45, 2.75) is 48.5 Å². The van der Waals surface area contributed by atoms with Gasteiger partial charge < -0.3 is 0 Å². The minimum atomic E-state index is -3.09. The van der Waals surface area contributed by atoms with E-state index < -0.39 is 30.6 Å². The third kappa shape index (κ3) is 4.50. The summed E-state index contributed by atoms with van der Waals surface area (Å²) in [5.41, 5.74) is 3.69. The molecular weight excluding hydrogens is 364 g/mol. The summed E-state index contributed by atoms with van der Waals surface area (Å²) in [5, 5.41) is 0. The van der Waals surface area contributed by atoms with Crippen molar-refractivity contribution < 1.29 is 34.9 Å². The zero-order valence-corrected chi connectivity index (χ0v) is 17.8. The summed E-state index contributed by atoms with van der Waals surface area (Å²) in [6, 6.07) is 0. The molecule has 0 amide bonds. The second kappa shape index (κ2) is 8.33. The van der Waals surface area contributed by atoms with Gasteiger partial charge in [0.2, 0.25) is 0 Å². The summed E-state index contributed by atoms with van der Waals surface area (Å²) >= 11 is -3.09. The topological polar surface area (TPSA) is 52.6 Å². The van der Waals surface area contributed by atoms with Crippen LogP contribution in [-0.2, 0) is 34.9 Å². The summed E-state index contributed by atoms with van der Waals surface area (Å²) < 4.78 is 12.1. The Morgan fingerprint density at radius 1 is 0.917 bits per heavy atom. The van der Waals surface area contributed by atoms with Crippen LogP contribution in [0.4, 0.5) is 0 Å². The average Bonchev–Trinajstić information content (AvgIpc) is 2.58. The van der Waals surface area contributed by atoms with Gasteiger partial charge in [-0.15, -0.1) is 12.4 Å². The Balaban J connectivity index is 0.00000529. The zero-order chi connectivity index (χ0) is 18.1. The molecule has 0 N–H and O–H groups in total. The zero-order valence-electron chi connectivity index (χ0n) is 15.5. The fourth-order valence-electron chi connectivity index (χ4n) is 2.47. The number of rotatable bonds is 5. The molecule has 0 bridgehead atoms. The molecule has 0 aromatic rings. The molecule has 1 aliphatic rings. The van der Waals surface area contributed by atoms with Gasteiger partial charge in [-0.1, -0.05) is 0 Å². The van der Waals surface area contributed by atoms with Gasteiger partial charge in [0.25, 0.3) is 0 Å². The molecule has 0 heterocycles. The van der Waals surface area contributed by atoms with Crippen LogP contribution in [0.15, 0.2) is 44.9 Å². The predicted octanol–water partition coefficient (Wildman–Crippen LogP) is 4.75. The fourth-order valence-corrected chi connectivity index (χ4v) is 5.78. The van der Waals surface area contributed by atoms with E-state index in [4.69, 9.17) is 6.64 Å². The second-order valence-corrected chi connectivity index (χ2v) is 8.82. The second-order valence-electron chi connectivity index (χ2n) is 6.50. The van der Waals surface area contributed by atoms with E-state index in [9.17, 15) is 9.59 Å². The maximum atomic E-state index is 12.0. The van der Waals surface area contributed by atoms with Crippen molar-refractivity contribution in [2.24, 2.45) is 5.41 Å².